The number of hydrogen-bond acceptors (Lipinski definition) is 7. The van der Waals surface area contributed by atoms with Crippen LogP contribution in [0, 0.1) is 0 Å². The number of nitrogens with zero attached hydrogens (tertiary/aromatic N) is 1. The largest absolute Gasteiger partial charge is 0.493 e. The molecule has 2 aromatic carbocycles. The number of methoxy groups -OCH3 is 2. The molecular formula is C25H31N3O7. The highest BCUT2D eigenvalue weighted by Crippen LogP contribution is 2.27. The van der Waals surface area contributed by atoms with Crippen LogP contribution >= 0.6 is 0 Å². The minimum absolute atomic E-state index is 0.0894. The molecule has 1 saturated heterocycles. The van der Waals surface area contributed by atoms with Gasteiger partial charge in [0, 0.05) is 13.1 Å². The Hall–Kier alpha value is -3.79. The fourth-order valence-electron chi connectivity index (χ4n) is 3.91. The summed E-state index contributed by atoms with van der Waals surface area (Å²) in [6, 6.07) is 13.8. The van der Waals surface area contributed by atoms with Gasteiger partial charge in [-0.05, 0) is 36.1 Å². The second kappa shape index (κ2) is 12.6. The molecule has 2 atom stereocenters. The first kappa shape index (κ1) is 25.8. The van der Waals surface area contributed by atoms with Crippen molar-refractivity contribution >= 4 is 17.9 Å². The number of aliphatic hydroxyl groups is 1. The summed E-state index contributed by atoms with van der Waals surface area (Å²) >= 11 is 0. The molecule has 1 heterocycles. The molecule has 0 saturated carbocycles. The molecule has 1 aliphatic heterocycles. The summed E-state index contributed by atoms with van der Waals surface area (Å²) in [5, 5.41) is 15.7. The van der Waals surface area contributed by atoms with Gasteiger partial charge in [-0.3, -0.25) is 9.59 Å². The Labute approximate surface area is 204 Å². The van der Waals surface area contributed by atoms with E-state index in [1.165, 1.54) is 19.1 Å². The van der Waals surface area contributed by atoms with Gasteiger partial charge in [0.25, 0.3) is 5.91 Å². The van der Waals surface area contributed by atoms with E-state index in [0.29, 0.717) is 30.9 Å². The van der Waals surface area contributed by atoms with Crippen LogP contribution in [-0.2, 0) is 27.5 Å². The Morgan fingerprint density at radius 2 is 1.77 bits per heavy atom. The first-order valence-electron chi connectivity index (χ1n) is 11.3. The first-order valence-corrected chi connectivity index (χ1v) is 11.3. The number of carbonyl (C=O) groups is 3. The van der Waals surface area contributed by atoms with Crippen LogP contribution in [-0.4, -0.2) is 67.4 Å². The number of aliphatic hydroxyl groups excluding tert-OH is 1. The molecule has 0 bridgehead atoms. The van der Waals surface area contributed by atoms with Gasteiger partial charge in [0.1, 0.15) is 13.2 Å². The summed E-state index contributed by atoms with van der Waals surface area (Å²) in [7, 11) is 3.06. The van der Waals surface area contributed by atoms with E-state index in [2.05, 4.69) is 10.6 Å². The minimum Gasteiger partial charge on any atom is -0.493 e. The van der Waals surface area contributed by atoms with Crippen LogP contribution in [0.25, 0.3) is 0 Å². The summed E-state index contributed by atoms with van der Waals surface area (Å²) in [5.74, 6) is 0.123. The SMILES string of the molecule is COc1ccc(CNC(=O)C(O)[C@@H]2CCCN2C(=O)CNC(=O)OCc2ccccc2)cc1OC. The van der Waals surface area contributed by atoms with Crippen molar-refractivity contribution in [1.82, 2.24) is 15.5 Å². The monoisotopic (exact) mass is 485 g/mol. The second-order valence-corrected chi connectivity index (χ2v) is 8.06. The number of hydrogen-bond donors (Lipinski definition) is 3. The number of carbonyl (C=O) groups excluding carboxylic acids is 3. The molecule has 0 spiro atoms. The first-order chi connectivity index (χ1) is 16.9. The number of nitrogens with one attached hydrogen (secondary N) is 2. The molecular weight excluding hydrogens is 454 g/mol. The highest BCUT2D eigenvalue weighted by atomic mass is 16.5. The Morgan fingerprint density at radius 1 is 1.03 bits per heavy atom. The Balaban J connectivity index is 1.47. The third-order valence-corrected chi connectivity index (χ3v) is 5.76. The van der Waals surface area contributed by atoms with Gasteiger partial charge in [0.15, 0.2) is 17.6 Å². The van der Waals surface area contributed by atoms with Crippen LogP contribution in [0.15, 0.2) is 48.5 Å². The van der Waals surface area contributed by atoms with E-state index in [0.717, 1.165) is 11.1 Å². The van der Waals surface area contributed by atoms with Crippen molar-refractivity contribution in [3.05, 3.63) is 59.7 Å². The maximum absolute atomic E-state index is 12.7. The van der Waals surface area contributed by atoms with Gasteiger partial charge < -0.3 is 34.9 Å². The number of alkyl carbamates (subject to hydrolysis) is 1. The van der Waals surface area contributed by atoms with Crippen molar-refractivity contribution in [3.8, 4) is 11.5 Å². The van der Waals surface area contributed by atoms with Crippen LogP contribution in [0.5, 0.6) is 11.5 Å². The summed E-state index contributed by atoms with van der Waals surface area (Å²) in [4.78, 5) is 38.6. The standard InChI is InChI=1S/C25H31N3O7/c1-33-20-11-10-18(13-21(20)34-2)14-26-24(31)23(30)19-9-6-12-28(19)22(29)15-27-25(32)35-16-17-7-4-3-5-8-17/h3-5,7-8,10-11,13,19,23,30H,6,9,12,14-16H2,1-2H3,(H,26,31)(H,27,32)/t19-,23?/m0/s1. The van der Waals surface area contributed by atoms with E-state index < -0.39 is 30.1 Å². The summed E-state index contributed by atoms with van der Waals surface area (Å²) in [5.41, 5.74) is 1.59. The van der Waals surface area contributed by atoms with Gasteiger partial charge >= 0.3 is 6.09 Å². The average Bonchev–Trinajstić information content (AvgIpc) is 3.39. The van der Waals surface area contributed by atoms with Gasteiger partial charge in [0.2, 0.25) is 5.91 Å². The fraction of sp³-hybridized carbons (Fsp3) is 0.400. The van der Waals surface area contributed by atoms with E-state index in [1.54, 1.807) is 18.2 Å². The average molecular weight is 486 g/mol. The minimum atomic E-state index is -1.40. The summed E-state index contributed by atoms with van der Waals surface area (Å²) < 4.78 is 15.6. The maximum atomic E-state index is 12.7. The van der Waals surface area contributed by atoms with Gasteiger partial charge in [0.05, 0.1) is 20.3 Å². The molecule has 3 N–H and O–H groups in total. The van der Waals surface area contributed by atoms with E-state index in [4.69, 9.17) is 14.2 Å². The van der Waals surface area contributed by atoms with Crippen LogP contribution in [0.4, 0.5) is 4.79 Å². The van der Waals surface area contributed by atoms with Crippen molar-refractivity contribution in [1.29, 1.82) is 0 Å². The zero-order valence-electron chi connectivity index (χ0n) is 19.9. The maximum Gasteiger partial charge on any atom is 0.407 e. The zero-order valence-corrected chi connectivity index (χ0v) is 19.9. The van der Waals surface area contributed by atoms with Crippen molar-refractivity contribution in [2.24, 2.45) is 0 Å². The van der Waals surface area contributed by atoms with E-state index in [9.17, 15) is 19.5 Å². The third kappa shape index (κ3) is 7.10. The smallest absolute Gasteiger partial charge is 0.407 e. The molecule has 3 rings (SSSR count). The molecule has 1 aliphatic rings. The van der Waals surface area contributed by atoms with E-state index in [1.807, 2.05) is 30.3 Å². The molecule has 1 unspecified atom stereocenters. The highest BCUT2D eigenvalue weighted by molar-refractivity contribution is 5.85. The zero-order chi connectivity index (χ0) is 25.2. The van der Waals surface area contributed by atoms with Gasteiger partial charge in [-0.2, -0.15) is 0 Å². The van der Waals surface area contributed by atoms with Crippen molar-refractivity contribution < 1.29 is 33.7 Å². The van der Waals surface area contributed by atoms with Crippen LogP contribution in [0.3, 0.4) is 0 Å². The topological polar surface area (TPSA) is 126 Å². The fourth-order valence-corrected chi connectivity index (χ4v) is 3.91. The molecule has 3 amide bonds. The van der Waals surface area contributed by atoms with Crippen LogP contribution in [0.1, 0.15) is 24.0 Å². The number of benzene rings is 2. The summed E-state index contributed by atoms with van der Waals surface area (Å²) in [6.45, 7) is 0.367. The lowest BCUT2D eigenvalue weighted by molar-refractivity contribution is -0.138. The van der Waals surface area contributed by atoms with Crippen LogP contribution < -0.4 is 20.1 Å². The number of amides is 3. The molecule has 2 aromatic rings. The number of rotatable bonds is 10. The van der Waals surface area contributed by atoms with Crippen LogP contribution in [0.2, 0.25) is 0 Å². The van der Waals surface area contributed by atoms with E-state index >= 15 is 0 Å². The predicted molar refractivity (Wildman–Crippen MR) is 127 cm³/mol. The lowest BCUT2D eigenvalue weighted by atomic mass is 10.1. The molecule has 0 radical (unpaired) electrons. The second-order valence-electron chi connectivity index (χ2n) is 8.06. The third-order valence-electron chi connectivity index (χ3n) is 5.76. The van der Waals surface area contributed by atoms with Crippen molar-refractivity contribution in [2.45, 2.75) is 38.1 Å². The Kier molecular flexibility index (Phi) is 9.31. The van der Waals surface area contributed by atoms with Gasteiger partial charge in [-0.15, -0.1) is 0 Å². The highest BCUT2D eigenvalue weighted by Gasteiger charge is 2.37. The van der Waals surface area contributed by atoms with Crippen molar-refractivity contribution in [2.75, 3.05) is 27.3 Å². The normalized spacial score (nSPS) is 15.7. The lowest BCUT2D eigenvalue weighted by Gasteiger charge is -2.28. The van der Waals surface area contributed by atoms with Crippen molar-refractivity contribution in [3.63, 3.8) is 0 Å². The number of ether oxygens (including phenoxy) is 3. The molecule has 10 nitrogen and oxygen atoms in total. The van der Waals surface area contributed by atoms with E-state index in [-0.39, 0.29) is 19.7 Å². The number of likely N-dealkylation sites (tertiary alicyclic amines) is 1. The molecule has 188 valence electrons. The van der Waals surface area contributed by atoms with Gasteiger partial charge in [-0.1, -0.05) is 36.4 Å². The van der Waals surface area contributed by atoms with Gasteiger partial charge in [-0.25, -0.2) is 4.79 Å². The quantitative estimate of drug-likeness (QED) is 0.467. The molecule has 0 aliphatic carbocycles. The molecule has 35 heavy (non-hydrogen) atoms. The molecule has 10 heteroatoms. The predicted octanol–water partition coefficient (Wildman–Crippen LogP) is 1.60. The molecule has 0 aromatic heterocycles. The Bertz CT molecular complexity index is 1020. The summed E-state index contributed by atoms with van der Waals surface area (Å²) in [6.07, 6.45) is -0.984. The Morgan fingerprint density at radius 3 is 2.49 bits per heavy atom. The molecule has 1 fully saturated rings. The lowest BCUT2D eigenvalue weighted by Crippen LogP contribution is -2.51.